The van der Waals surface area contributed by atoms with Crippen LogP contribution in [0.2, 0.25) is 0 Å². The van der Waals surface area contributed by atoms with Crippen LogP contribution >= 0.6 is 0 Å². The van der Waals surface area contributed by atoms with Gasteiger partial charge in [-0.2, -0.15) is 0 Å². The molecule has 2 aromatic heterocycles. The van der Waals surface area contributed by atoms with Crippen molar-refractivity contribution in [2.45, 2.75) is 46.6 Å². The first kappa shape index (κ1) is 45.5. The van der Waals surface area contributed by atoms with Gasteiger partial charge in [0, 0.05) is 97.5 Å². The van der Waals surface area contributed by atoms with Crippen LogP contribution in [-0.2, 0) is 9.59 Å². The summed E-state index contributed by atoms with van der Waals surface area (Å²) in [4.78, 5) is 38.2. The van der Waals surface area contributed by atoms with E-state index in [1.165, 1.54) is 0 Å². The van der Waals surface area contributed by atoms with E-state index in [1.807, 2.05) is 105 Å². The summed E-state index contributed by atoms with van der Waals surface area (Å²) in [5, 5.41) is 13.4. The standard InChI is InChI=1S/C57H56N10O3/c1-34-24-48-52(30-44(34)58)66(38-14-8-5-9-15-38)54-32-46(36(3)26-50(54)64-48)60-20-22-62-56(68)42-28-41(70-40-18-12-7-13-19-40)29-43(42)57(69)63-23-21-61-47-33-55-51(27-37(47)4)65-49-25-35(2)45(59)31-53(49)67(55)39-16-10-6-11-17-39/h5-19,24-27,30-33,41-43H,20-23,28-29H2,1-4H3,(H6,58,59,60,61,62,63,68,69)/p+2. The molecule has 10 rings (SSSR count). The van der Waals surface area contributed by atoms with Crippen LogP contribution in [0, 0.1) is 39.5 Å². The first-order chi connectivity index (χ1) is 34.0. The summed E-state index contributed by atoms with van der Waals surface area (Å²) in [6.45, 7) is 9.74. The molecule has 2 heterocycles. The SMILES string of the molecule is Cc1cc2nc3cc(C)c(NCCNC(=O)C4CC(Oc5ccccc5)CC4C(=O)NCCNc4cc5c(cc4C)nc4cc(C)c(N)cc4[n+]5-c4ccccc4)cc3[n+](-c3ccccc3)c2cc1N. The van der Waals surface area contributed by atoms with Crippen molar-refractivity contribution < 1.29 is 23.5 Å². The predicted octanol–water partition coefficient (Wildman–Crippen LogP) is 8.27. The summed E-state index contributed by atoms with van der Waals surface area (Å²) in [6, 6.07) is 46.4. The Balaban J connectivity index is 0.823. The van der Waals surface area contributed by atoms with Crippen molar-refractivity contribution >= 4 is 78.7 Å². The predicted molar refractivity (Wildman–Crippen MR) is 279 cm³/mol. The number of hydrogen-bond acceptors (Lipinski definition) is 9. The normalized spacial score (nSPS) is 15.6. The maximum absolute atomic E-state index is 14.1. The molecule has 0 spiro atoms. The van der Waals surface area contributed by atoms with Gasteiger partial charge >= 0.3 is 0 Å². The van der Waals surface area contributed by atoms with Crippen LogP contribution in [0.1, 0.15) is 35.1 Å². The second-order valence-electron chi connectivity index (χ2n) is 18.4. The van der Waals surface area contributed by atoms with Gasteiger partial charge in [-0.1, -0.05) is 54.6 Å². The monoisotopic (exact) mass is 930 g/mol. The summed E-state index contributed by atoms with van der Waals surface area (Å²) in [7, 11) is 0. The molecule has 1 fully saturated rings. The molecule has 1 aliphatic carbocycles. The summed E-state index contributed by atoms with van der Waals surface area (Å²) >= 11 is 0. The number of aromatic nitrogens is 4. The van der Waals surface area contributed by atoms with Crippen molar-refractivity contribution in [3.8, 4) is 17.1 Å². The molecule has 9 aromatic rings. The fraction of sp³-hybridized carbons (Fsp3) is 0.228. The fourth-order valence-corrected chi connectivity index (χ4v) is 9.83. The minimum Gasteiger partial charge on any atom is -0.490 e. The average Bonchev–Trinajstić information content (AvgIpc) is 3.79. The van der Waals surface area contributed by atoms with Crippen LogP contribution in [0.3, 0.4) is 0 Å². The lowest BCUT2D eigenvalue weighted by Gasteiger charge is -2.19. The lowest BCUT2D eigenvalue weighted by Crippen LogP contribution is -2.41. The second kappa shape index (κ2) is 19.4. The number of nitrogens with one attached hydrogen (secondary N) is 4. The number of nitrogens with two attached hydrogens (primary N) is 2. The fourth-order valence-electron chi connectivity index (χ4n) is 9.83. The highest BCUT2D eigenvalue weighted by molar-refractivity contribution is 5.90. The minimum atomic E-state index is -0.569. The van der Waals surface area contributed by atoms with E-state index in [4.69, 9.17) is 26.2 Å². The van der Waals surface area contributed by atoms with Crippen LogP contribution in [-0.4, -0.2) is 54.1 Å². The average molecular weight is 931 g/mol. The molecular weight excluding hydrogens is 873 g/mol. The number of fused-ring (bicyclic) bond motifs is 4. The van der Waals surface area contributed by atoms with Crippen LogP contribution in [0.25, 0.3) is 55.5 Å². The maximum Gasteiger partial charge on any atom is 0.239 e. The van der Waals surface area contributed by atoms with Crippen LogP contribution in [0.4, 0.5) is 22.7 Å². The van der Waals surface area contributed by atoms with E-state index >= 15 is 0 Å². The molecule has 2 atom stereocenters. The largest absolute Gasteiger partial charge is 0.490 e. The van der Waals surface area contributed by atoms with E-state index < -0.39 is 11.8 Å². The number of rotatable bonds is 14. The third-order valence-electron chi connectivity index (χ3n) is 13.6. The molecule has 352 valence electrons. The van der Waals surface area contributed by atoms with Crippen LogP contribution in [0.15, 0.2) is 140 Å². The molecule has 0 radical (unpaired) electrons. The van der Waals surface area contributed by atoms with E-state index in [1.54, 1.807) is 0 Å². The second-order valence-corrected chi connectivity index (χ2v) is 18.4. The number of amides is 2. The summed E-state index contributed by atoms with van der Waals surface area (Å²) in [6.07, 6.45) is 0.542. The van der Waals surface area contributed by atoms with E-state index in [0.717, 1.165) is 89.1 Å². The Morgan fingerprint density at radius 2 is 0.886 bits per heavy atom. The van der Waals surface area contributed by atoms with Gasteiger partial charge in [0.25, 0.3) is 0 Å². The smallest absolute Gasteiger partial charge is 0.239 e. The lowest BCUT2D eigenvalue weighted by molar-refractivity contribution is -0.538. The number of carbonyl (C=O) groups is 2. The number of benzene rings is 7. The van der Waals surface area contributed by atoms with E-state index in [9.17, 15) is 9.59 Å². The highest BCUT2D eigenvalue weighted by Gasteiger charge is 2.43. The molecule has 13 nitrogen and oxygen atoms in total. The third-order valence-corrected chi connectivity index (χ3v) is 13.6. The Hall–Kier alpha value is -8.32. The molecule has 0 bridgehead atoms. The lowest BCUT2D eigenvalue weighted by atomic mass is 9.94. The van der Waals surface area contributed by atoms with Crippen molar-refractivity contribution in [1.29, 1.82) is 0 Å². The van der Waals surface area contributed by atoms with E-state index in [0.29, 0.717) is 56.1 Å². The van der Waals surface area contributed by atoms with Gasteiger partial charge < -0.3 is 37.5 Å². The zero-order valence-electron chi connectivity index (χ0n) is 39.9. The minimum absolute atomic E-state index is 0.170. The Kier molecular flexibility index (Phi) is 12.6. The van der Waals surface area contributed by atoms with Gasteiger partial charge in [-0.3, -0.25) is 9.59 Å². The van der Waals surface area contributed by atoms with Crippen LogP contribution in [0.5, 0.6) is 5.75 Å². The molecular formula is C57H58N10O3+2. The molecule has 70 heavy (non-hydrogen) atoms. The number of hydrogen-bond donors (Lipinski definition) is 6. The van der Waals surface area contributed by atoms with Gasteiger partial charge in [-0.15, -0.1) is 9.13 Å². The Morgan fingerprint density at radius 1 is 0.514 bits per heavy atom. The number of nitrogen functional groups attached to an aromatic ring is 2. The quantitative estimate of drug-likeness (QED) is 0.0271. The van der Waals surface area contributed by atoms with Gasteiger partial charge in [0.05, 0.1) is 11.8 Å². The molecule has 13 heteroatoms. The van der Waals surface area contributed by atoms with Crippen molar-refractivity contribution in [3.05, 3.63) is 162 Å². The maximum atomic E-state index is 14.1. The highest BCUT2D eigenvalue weighted by Crippen LogP contribution is 2.36. The number of anilines is 4. The first-order valence-electron chi connectivity index (χ1n) is 24.0. The molecule has 0 aliphatic heterocycles. The Morgan fingerprint density at radius 3 is 1.30 bits per heavy atom. The Labute approximate surface area is 406 Å². The van der Waals surface area contributed by atoms with E-state index in [2.05, 4.69) is 92.8 Å². The van der Waals surface area contributed by atoms with Gasteiger partial charge in [-0.25, -0.2) is 9.97 Å². The van der Waals surface area contributed by atoms with Crippen LogP contribution < -0.4 is 46.6 Å². The molecule has 8 N–H and O–H groups in total. The number of aryl methyl sites for hydroxylation is 4. The van der Waals surface area contributed by atoms with Gasteiger partial charge in [0.15, 0.2) is 0 Å². The zero-order chi connectivity index (χ0) is 48.5. The highest BCUT2D eigenvalue weighted by atomic mass is 16.5. The molecule has 2 amide bonds. The molecule has 2 unspecified atom stereocenters. The molecule has 7 aromatic carbocycles. The zero-order valence-corrected chi connectivity index (χ0v) is 39.9. The number of nitrogens with zero attached hydrogens (tertiary/aromatic N) is 4. The third kappa shape index (κ3) is 9.17. The van der Waals surface area contributed by atoms with Crippen molar-refractivity contribution in [1.82, 2.24) is 20.6 Å². The number of ether oxygens (including phenoxy) is 1. The summed E-state index contributed by atoms with van der Waals surface area (Å²) in [5.41, 5.74) is 29.2. The van der Waals surface area contributed by atoms with Crippen molar-refractivity contribution in [2.24, 2.45) is 11.8 Å². The summed E-state index contributed by atoms with van der Waals surface area (Å²) < 4.78 is 10.7. The van der Waals surface area contributed by atoms with Crippen molar-refractivity contribution in [3.63, 3.8) is 0 Å². The summed E-state index contributed by atoms with van der Waals surface area (Å²) in [5.74, 6) is -0.766. The first-order valence-corrected chi connectivity index (χ1v) is 24.0. The molecule has 1 aliphatic rings. The Bertz CT molecular complexity index is 3230. The van der Waals surface area contributed by atoms with Gasteiger partial charge in [0.2, 0.25) is 45.3 Å². The van der Waals surface area contributed by atoms with E-state index in [-0.39, 0.29) is 17.9 Å². The number of para-hydroxylation sites is 3. The van der Waals surface area contributed by atoms with Gasteiger partial charge in [0.1, 0.15) is 33.9 Å². The van der Waals surface area contributed by atoms with Crippen molar-refractivity contribution in [2.75, 3.05) is 48.3 Å². The topological polar surface area (TPSA) is 177 Å². The number of carbonyl (C=O) groups excluding carboxylic acids is 2. The van der Waals surface area contributed by atoms with Gasteiger partial charge in [-0.05, 0) is 99.2 Å². The molecule has 0 saturated heterocycles. The molecule has 1 saturated carbocycles.